The Labute approximate surface area is 131 Å². The van der Waals surface area contributed by atoms with E-state index in [1.165, 1.54) is 0 Å². The molecule has 2 aliphatic rings. The molecular formula is C16H15NO6. The number of hydrogen-bond donors (Lipinski definition) is 2. The standard InChI is InChI=1S/C16H15NO6/c1-7-4-2-3-5-10(7)17-13(18)11-8(15(20)21)6-9(16(22)23)12(11)14(17)19/h2-5,8-9,11-12H,6H2,1H3,(H,20,21)(H,22,23)/t8-,9+,11-,12+. The van der Waals surface area contributed by atoms with Gasteiger partial charge in [-0.15, -0.1) is 0 Å². The highest BCUT2D eigenvalue weighted by molar-refractivity contribution is 6.24. The van der Waals surface area contributed by atoms with Gasteiger partial charge in [-0.3, -0.25) is 19.2 Å². The Morgan fingerprint density at radius 1 is 1.00 bits per heavy atom. The molecule has 1 aliphatic carbocycles. The lowest BCUT2D eigenvalue weighted by Gasteiger charge is -2.20. The summed E-state index contributed by atoms with van der Waals surface area (Å²) < 4.78 is 0. The molecule has 3 rings (SSSR count). The highest BCUT2D eigenvalue weighted by atomic mass is 16.4. The van der Waals surface area contributed by atoms with Crippen LogP contribution in [0.25, 0.3) is 0 Å². The molecule has 1 aromatic rings. The van der Waals surface area contributed by atoms with E-state index >= 15 is 0 Å². The number of carbonyl (C=O) groups excluding carboxylic acids is 2. The summed E-state index contributed by atoms with van der Waals surface area (Å²) in [7, 11) is 0. The van der Waals surface area contributed by atoms with Crippen LogP contribution in [0.15, 0.2) is 24.3 Å². The first kappa shape index (κ1) is 15.2. The van der Waals surface area contributed by atoms with E-state index in [4.69, 9.17) is 0 Å². The second-order valence-corrected chi connectivity index (χ2v) is 5.98. The van der Waals surface area contributed by atoms with E-state index in [0.29, 0.717) is 11.3 Å². The third-order valence-electron chi connectivity index (χ3n) is 4.76. The SMILES string of the molecule is Cc1ccccc1N1C(=O)[C@@H]2[C@H](C1=O)[C@H](C(=O)O)C[C@@H]2C(=O)O. The van der Waals surface area contributed by atoms with Crippen LogP contribution >= 0.6 is 0 Å². The quantitative estimate of drug-likeness (QED) is 0.801. The predicted molar refractivity (Wildman–Crippen MR) is 77.5 cm³/mol. The van der Waals surface area contributed by atoms with Gasteiger partial charge in [0.05, 0.1) is 29.4 Å². The molecule has 1 heterocycles. The van der Waals surface area contributed by atoms with Crippen molar-refractivity contribution in [2.75, 3.05) is 4.90 Å². The monoisotopic (exact) mass is 317 g/mol. The highest BCUT2D eigenvalue weighted by Crippen LogP contribution is 2.49. The third kappa shape index (κ3) is 2.11. The Morgan fingerprint density at radius 2 is 1.48 bits per heavy atom. The molecule has 7 heteroatoms. The van der Waals surface area contributed by atoms with Gasteiger partial charge in [0, 0.05) is 0 Å². The number of fused-ring (bicyclic) bond motifs is 1. The lowest BCUT2D eigenvalue weighted by Crippen LogP contribution is -2.36. The minimum atomic E-state index is -1.24. The topological polar surface area (TPSA) is 112 Å². The van der Waals surface area contributed by atoms with E-state index in [9.17, 15) is 29.4 Å². The van der Waals surface area contributed by atoms with Crippen molar-refractivity contribution < 1.29 is 29.4 Å². The Bertz CT molecular complexity index is 689. The Balaban J connectivity index is 2.07. The van der Waals surface area contributed by atoms with Crippen LogP contribution in [0.1, 0.15) is 12.0 Å². The maximum atomic E-state index is 12.7. The zero-order valence-electron chi connectivity index (χ0n) is 12.3. The van der Waals surface area contributed by atoms with E-state index in [2.05, 4.69) is 0 Å². The average molecular weight is 317 g/mol. The fourth-order valence-electron chi connectivity index (χ4n) is 3.69. The smallest absolute Gasteiger partial charge is 0.307 e. The van der Waals surface area contributed by atoms with E-state index < -0.39 is 47.4 Å². The number of hydrogen-bond acceptors (Lipinski definition) is 4. The van der Waals surface area contributed by atoms with Gasteiger partial charge in [-0.25, -0.2) is 4.90 Å². The summed E-state index contributed by atoms with van der Waals surface area (Å²) in [4.78, 5) is 49.1. The molecule has 7 nitrogen and oxygen atoms in total. The number of carboxylic acid groups (broad SMARTS) is 2. The van der Waals surface area contributed by atoms with Crippen molar-refractivity contribution >= 4 is 29.4 Å². The first-order valence-electron chi connectivity index (χ1n) is 7.23. The van der Waals surface area contributed by atoms with Gasteiger partial charge in [0.25, 0.3) is 0 Å². The molecular weight excluding hydrogens is 302 g/mol. The molecule has 1 aromatic carbocycles. The third-order valence-corrected chi connectivity index (χ3v) is 4.76. The number of anilines is 1. The van der Waals surface area contributed by atoms with Crippen LogP contribution < -0.4 is 4.90 Å². The molecule has 0 aromatic heterocycles. The Morgan fingerprint density at radius 3 is 1.91 bits per heavy atom. The second kappa shape index (κ2) is 5.19. The Kier molecular flexibility index (Phi) is 3.43. The predicted octanol–water partition coefficient (Wildman–Crippen LogP) is 0.906. The summed E-state index contributed by atoms with van der Waals surface area (Å²) in [5, 5.41) is 18.6. The molecule has 120 valence electrons. The van der Waals surface area contributed by atoms with Crippen LogP contribution in [0.4, 0.5) is 5.69 Å². The second-order valence-electron chi connectivity index (χ2n) is 5.98. The fraction of sp³-hybridized carbons (Fsp3) is 0.375. The molecule has 0 spiro atoms. The van der Waals surface area contributed by atoms with Crippen LogP contribution in [0.3, 0.4) is 0 Å². The number of rotatable bonds is 3. The van der Waals surface area contributed by atoms with Gasteiger partial charge in [0.1, 0.15) is 0 Å². The number of imide groups is 1. The van der Waals surface area contributed by atoms with Gasteiger partial charge in [0.2, 0.25) is 11.8 Å². The number of carbonyl (C=O) groups is 4. The van der Waals surface area contributed by atoms with Crippen LogP contribution in [0.5, 0.6) is 0 Å². The molecule has 4 atom stereocenters. The van der Waals surface area contributed by atoms with Crippen LogP contribution in [-0.4, -0.2) is 34.0 Å². The molecule has 2 fully saturated rings. The van der Waals surface area contributed by atoms with Crippen molar-refractivity contribution in [3.05, 3.63) is 29.8 Å². The molecule has 2 N–H and O–H groups in total. The number of aliphatic carboxylic acids is 2. The van der Waals surface area contributed by atoms with Crippen molar-refractivity contribution in [3.63, 3.8) is 0 Å². The minimum Gasteiger partial charge on any atom is -0.481 e. The first-order chi connectivity index (χ1) is 10.8. The molecule has 1 saturated carbocycles. The summed E-state index contributed by atoms with van der Waals surface area (Å²) in [6, 6.07) is 6.75. The van der Waals surface area contributed by atoms with Gasteiger partial charge >= 0.3 is 11.9 Å². The van der Waals surface area contributed by atoms with Crippen LogP contribution in [-0.2, 0) is 19.2 Å². The lowest BCUT2D eigenvalue weighted by molar-refractivity contribution is -0.145. The van der Waals surface area contributed by atoms with Crippen molar-refractivity contribution in [2.45, 2.75) is 13.3 Å². The number of amides is 2. The maximum Gasteiger partial charge on any atom is 0.307 e. The zero-order chi connectivity index (χ0) is 16.9. The average Bonchev–Trinajstić information content (AvgIpc) is 2.99. The normalized spacial score (nSPS) is 29.7. The molecule has 2 amide bonds. The van der Waals surface area contributed by atoms with Crippen LogP contribution in [0.2, 0.25) is 0 Å². The molecule has 0 radical (unpaired) electrons. The molecule has 23 heavy (non-hydrogen) atoms. The van der Waals surface area contributed by atoms with Gasteiger partial charge in [-0.1, -0.05) is 18.2 Å². The number of benzene rings is 1. The number of nitrogens with zero attached hydrogens (tertiary/aromatic N) is 1. The van der Waals surface area contributed by atoms with Crippen molar-refractivity contribution in [1.82, 2.24) is 0 Å². The summed E-state index contributed by atoms with van der Waals surface area (Å²) >= 11 is 0. The summed E-state index contributed by atoms with van der Waals surface area (Å²) in [5.41, 5.74) is 1.07. The van der Waals surface area contributed by atoms with Gasteiger partial charge in [-0.2, -0.15) is 0 Å². The van der Waals surface area contributed by atoms with Crippen molar-refractivity contribution in [1.29, 1.82) is 0 Å². The fourth-order valence-corrected chi connectivity index (χ4v) is 3.69. The summed E-state index contributed by atoms with van der Waals surface area (Å²) in [6.45, 7) is 1.73. The molecule has 1 saturated heterocycles. The number of para-hydroxylation sites is 1. The van der Waals surface area contributed by atoms with Gasteiger partial charge < -0.3 is 10.2 Å². The van der Waals surface area contributed by atoms with Crippen molar-refractivity contribution in [3.8, 4) is 0 Å². The van der Waals surface area contributed by atoms with E-state index in [1.807, 2.05) is 0 Å². The number of aryl methyl sites for hydroxylation is 1. The van der Waals surface area contributed by atoms with Gasteiger partial charge in [-0.05, 0) is 25.0 Å². The number of carboxylic acids is 2. The minimum absolute atomic E-state index is 0.195. The summed E-state index contributed by atoms with van der Waals surface area (Å²) in [6.07, 6.45) is -0.195. The zero-order valence-corrected chi connectivity index (χ0v) is 12.3. The van der Waals surface area contributed by atoms with Crippen molar-refractivity contribution in [2.24, 2.45) is 23.7 Å². The van der Waals surface area contributed by atoms with E-state index in [1.54, 1.807) is 31.2 Å². The first-order valence-corrected chi connectivity index (χ1v) is 7.23. The maximum absolute atomic E-state index is 12.7. The summed E-state index contributed by atoms with van der Waals surface area (Å²) in [5.74, 6) is -8.23. The highest BCUT2D eigenvalue weighted by Gasteiger charge is 2.62. The Hall–Kier alpha value is -2.70. The molecule has 0 bridgehead atoms. The largest absolute Gasteiger partial charge is 0.481 e. The van der Waals surface area contributed by atoms with E-state index in [0.717, 1.165) is 4.90 Å². The van der Waals surface area contributed by atoms with Crippen LogP contribution in [0, 0.1) is 30.6 Å². The lowest BCUT2D eigenvalue weighted by atomic mass is 9.89. The molecule has 0 unspecified atom stereocenters. The molecule has 1 aliphatic heterocycles. The van der Waals surface area contributed by atoms with Gasteiger partial charge in [0.15, 0.2) is 0 Å². The van der Waals surface area contributed by atoms with E-state index in [-0.39, 0.29) is 6.42 Å².